The van der Waals surface area contributed by atoms with Gasteiger partial charge in [-0.1, -0.05) is 6.92 Å². The maximum absolute atomic E-state index is 13.2. The van der Waals surface area contributed by atoms with Gasteiger partial charge in [0, 0.05) is 50.5 Å². The van der Waals surface area contributed by atoms with E-state index in [1.807, 2.05) is 25.7 Å². The molecule has 1 saturated heterocycles. The molecule has 0 aromatic carbocycles. The zero-order valence-electron chi connectivity index (χ0n) is 17.0. The lowest BCUT2D eigenvalue weighted by Gasteiger charge is -2.29. The monoisotopic (exact) mass is 387 g/mol. The van der Waals surface area contributed by atoms with Gasteiger partial charge in [-0.05, 0) is 26.7 Å². The molecular weight excluding hydrogens is 358 g/mol. The quantitative estimate of drug-likeness (QED) is 0.820. The van der Waals surface area contributed by atoms with Crippen LogP contribution in [0.5, 0.6) is 0 Å². The topological polar surface area (TPSA) is 87.5 Å². The summed E-state index contributed by atoms with van der Waals surface area (Å²) in [5.74, 6) is 0.918. The molecule has 1 atom stereocenters. The van der Waals surface area contributed by atoms with Crippen LogP contribution in [0.25, 0.3) is 0 Å². The van der Waals surface area contributed by atoms with Crippen molar-refractivity contribution in [1.29, 1.82) is 0 Å². The van der Waals surface area contributed by atoms with Crippen LogP contribution in [-0.2, 0) is 29.7 Å². The van der Waals surface area contributed by atoms with Gasteiger partial charge in [-0.15, -0.1) is 0 Å². The number of rotatable bonds is 2. The second kappa shape index (κ2) is 6.90. The van der Waals surface area contributed by atoms with Crippen molar-refractivity contribution in [3.05, 3.63) is 27.4 Å². The Morgan fingerprint density at radius 3 is 2.64 bits per heavy atom. The lowest BCUT2D eigenvalue weighted by atomic mass is 9.85. The Morgan fingerprint density at radius 2 is 1.93 bits per heavy atom. The van der Waals surface area contributed by atoms with Gasteiger partial charge in [-0.25, -0.2) is 9.78 Å². The number of carbonyl (C=O) groups is 2. The Morgan fingerprint density at radius 1 is 1.18 bits per heavy atom. The lowest BCUT2D eigenvalue weighted by Crippen LogP contribution is -2.44. The molecule has 1 spiro atoms. The van der Waals surface area contributed by atoms with E-state index in [4.69, 9.17) is 4.98 Å². The molecule has 0 aliphatic carbocycles. The van der Waals surface area contributed by atoms with Crippen LogP contribution < -0.4 is 10.9 Å². The van der Waals surface area contributed by atoms with E-state index in [9.17, 15) is 14.4 Å². The van der Waals surface area contributed by atoms with Crippen molar-refractivity contribution in [2.45, 2.75) is 71.0 Å². The highest BCUT2D eigenvalue weighted by Gasteiger charge is 2.48. The van der Waals surface area contributed by atoms with Crippen LogP contribution in [-0.4, -0.2) is 57.0 Å². The third-order valence-electron chi connectivity index (χ3n) is 6.31. The molecule has 4 heterocycles. The molecule has 0 radical (unpaired) electrons. The second-order valence-corrected chi connectivity index (χ2v) is 8.54. The maximum atomic E-state index is 13.2. The molecule has 8 heteroatoms. The SMILES string of the molecule is CCC(=O)N1CCc2nc3n(c(=O)c2C1)CC[C@@]31CCN(C(=O)NC(C)C)C1. The number of carbonyl (C=O) groups excluding carboxylic acids is 2. The minimum atomic E-state index is -0.223. The van der Waals surface area contributed by atoms with Gasteiger partial charge in [0.15, 0.2) is 0 Å². The van der Waals surface area contributed by atoms with E-state index in [0.29, 0.717) is 51.1 Å². The summed E-state index contributed by atoms with van der Waals surface area (Å²) in [7, 11) is 0. The maximum Gasteiger partial charge on any atom is 0.317 e. The third kappa shape index (κ3) is 2.99. The number of nitrogens with one attached hydrogen (secondary N) is 1. The predicted octanol–water partition coefficient (Wildman–Crippen LogP) is 1.00. The fourth-order valence-corrected chi connectivity index (χ4v) is 4.77. The van der Waals surface area contributed by atoms with E-state index in [1.165, 1.54) is 0 Å². The molecule has 152 valence electrons. The highest BCUT2D eigenvalue weighted by atomic mass is 16.2. The summed E-state index contributed by atoms with van der Waals surface area (Å²) in [6.07, 6.45) is 2.75. The molecule has 28 heavy (non-hydrogen) atoms. The van der Waals surface area contributed by atoms with Crippen molar-refractivity contribution in [3.63, 3.8) is 0 Å². The molecule has 3 aliphatic heterocycles. The molecule has 1 N–H and O–H groups in total. The summed E-state index contributed by atoms with van der Waals surface area (Å²) < 4.78 is 1.79. The fourth-order valence-electron chi connectivity index (χ4n) is 4.77. The Labute approximate surface area is 164 Å². The summed E-state index contributed by atoms with van der Waals surface area (Å²) in [6.45, 7) is 8.66. The molecule has 4 rings (SSSR count). The van der Waals surface area contributed by atoms with Crippen LogP contribution in [0.1, 0.15) is 57.1 Å². The van der Waals surface area contributed by atoms with Crippen LogP contribution >= 0.6 is 0 Å². The van der Waals surface area contributed by atoms with Gasteiger partial charge < -0.3 is 15.1 Å². The number of urea groups is 1. The van der Waals surface area contributed by atoms with Gasteiger partial charge in [-0.3, -0.25) is 14.2 Å². The molecule has 0 unspecified atom stereocenters. The van der Waals surface area contributed by atoms with E-state index in [2.05, 4.69) is 5.32 Å². The molecule has 1 aromatic rings. The Hall–Kier alpha value is -2.38. The van der Waals surface area contributed by atoms with Gasteiger partial charge in [0.1, 0.15) is 5.82 Å². The van der Waals surface area contributed by atoms with Crippen molar-refractivity contribution < 1.29 is 9.59 Å². The van der Waals surface area contributed by atoms with E-state index >= 15 is 0 Å². The number of fused-ring (bicyclic) bond motifs is 3. The van der Waals surface area contributed by atoms with E-state index in [0.717, 1.165) is 24.4 Å². The molecule has 0 saturated carbocycles. The zero-order valence-corrected chi connectivity index (χ0v) is 17.0. The Balaban J connectivity index is 1.62. The van der Waals surface area contributed by atoms with Crippen LogP contribution in [0.15, 0.2) is 4.79 Å². The summed E-state index contributed by atoms with van der Waals surface area (Å²) in [6, 6.07) is 0.0563. The number of likely N-dealkylation sites (tertiary alicyclic amines) is 1. The van der Waals surface area contributed by atoms with Gasteiger partial charge in [0.05, 0.1) is 17.8 Å². The summed E-state index contributed by atoms with van der Waals surface area (Å²) >= 11 is 0. The van der Waals surface area contributed by atoms with Crippen LogP contribution in [0, 0.1) is 0 Å². The fraction of sp³-hybridized carbons (Fsp3) is 0.700. The average Bonchev–Trinajstić information content (AvgIpc) is 3.26. The number of amides is 3. The molecule has 1 aromatic heterocycles. The Kier molecular flexibility index (Phi) is 4.67. The largest absolute Gasteiger partial charge is 0.338 e. The first-order chi connectivity index (χ1) is 13.3. The molecule has 1 fully saturated rings. The first-order valence-electron chi connectivity index (χ1n) is 10.3. The van der Waals surface area contributed by atoms with Crippen molar-refractivity contribution >= 4 is 11.9 Å². The molecule has 3 aliphatic rings. The highest BCUT2D eigenvalue weighted by molar-refractivity contribution is 5.76. The van der Waals surface area contributed by atoms with Gasteiger partial charge in [-0.2, -0.15) is 0 Å². The van der Waals surface area contributed by atoms with Crippen LogP contribution in [0.3, 0.4) is 0 Å². The molecule has 0 bridgehead atoms. The van der Waals surface area contributed by atoms with E-state index in [1.54, 1.807) is 9.47 Å². The first kappa shape index (κ1) is 19.0. The molecule has 8 nitrogen and oxygen atoms in total. The summed E-state index contributed by atoms with van der Waals surface area (Å²) in [4.78, 5) is 46.2. The average molecular weight is 387 g/mol. The number of aromatic nitrogens is 2. The molecular formula is C20H29N5O3. The van der Waals surface area contributed by atoms with Crippen LogP contribution in [0.4, 0.5) is 4.79 Å². The second-order valence-electron chi connectivity index (χ2n) is 8.54. The van der Waals surface area contributed by atoms with Gasteiger partial charge in [0.25, 0.3) is 5.56 Å². The number of hydrogen-bond donors (Lipinski definition) is 1. The van der Waals surface area contributed by atoms with Gasteiger partial charge >= 0.3 is 6.03 Å². The zero-order chi connectivity index (χ0) is 20.1. The first-order valence-corrected chi connectivity index (χ1v) is 10.3. The van der Waals surface area contributed by atoms with Crippen molar-refractivity contribution in [3.8, 4) is 0 Å². The highest BCUT2D eigenvalue weighted by Crippen LogP contribution is 2.41. The molecule has 3 amide bonds. The minimum Gasteiger partial charge on any atom is -0.338 e. The normalized spacial score (nSPS) is 23.3. The summed E-state index contributed by atoms with van der Waals surface area (Å²) in [5, 5.41) is 2.96. The van der Waals surface area contributed by atoms with E-state index in [-0.39, 0.29) is 29.0 Å². The lowest BCUT2D eigenvalue weighted by molar-refractivity contribution is -0.131. The smallest absolute Gasteiger partial charge is 0.317 e. The standard InChI is InChI=1S/C20H29N5O3/c1-4-16(26)23-8-5-15-14(11-23)17(27)25-10-7-20(18(25)22-15)6-9-24(12-20)19(28)21-13(2)3/h13H,4-12H2,1-3H3,(H,21,28)/t20-/m1/s1. The summed E-state index contributed by atoms with van der Waals surface area (Å²) in [5.41, 5.74) is 1.28. The van der Waals surface area contributed by atoms with Crippen molar-refractivity contribution in [1.82, 2.24) is 24.7 Å². The predicted molar refractivity (Wildman–Crippen MR) is 104 cm³/mol. The number of hydrogen-bond acceptors (Lipinski definition) is 4. The minimum absolute atomic E-state index is 0.00411. The van der Waals surface area contributed by atoms with Crippen molar-refractivity contribution in [2.75, 3.05) is 19.6 Å². The van der Waals surface area contributed by atoms with Crippen LogP contribution in [0.2, 0.25) is 0 Å². The van der Waals surface area contributed by atoms with E-state index < -0.39 is 0 Å². The third-order valence-corrected chi connectivity index (χ3v) is 6.31. The Bertz CT molecular complexity index is 877. The van der Waals surface area contributed by atoms with Crippen molar-refractivity contribution in [2.24, 2.45) is 0 Å². The number of nitrogens with zero attached hydrogens (tertiary/aromatic N) is 4. The van der Waals surface area contributed by atoms with Gasteiger partial charge in [0.2, 0.25) is 5.91 Å².